The molecule has 2 rings (SSSR count). The monoisotopic (exact) mass is 345 g/mol. The Hall–Kier alpha value is -2.33. The van der Waals surface area contributed by atoms with E-state index in [0.29, 0.717) is 5.02 Å². The number of carbonyl (C=O) groups is 2. The number of carbonyl (C=O) groups excluding carboxylic acids is 2. The summed E-state index contributed by atoms with van der Waals surface area (Å²) < 4.78 is 5.37. The van der Waals surface area contributed by atoms with E-state index >= 15 is 0 Å². The highest BCUT2D eigenvalue weighted by Gasteiger charge is 2.25. The highest BCUT2D eigenvalue weighted by Crippen LogP contribution is 2.30. The van der Waals surface area contributed by atoms with Gasteiger partial charge in [0.05, 0.1) is 5.02 Å². The van der Waals surface area contributed by atoms with Crippen LogP contribution < -0.4 is 10.1 Å². The molecule has 0 heterocycles. The van der Waals surface area contributed by atoms with Gasteiger partial charge in [0.2, 0.25) is 5.91 Å². The van der Waals surface area contributed by atoms with E-state index < -0.39 is 12.0 Å². The van der Waals surface area contributed by atoms with Crippen LogP contribution in [0, 0.1) is 5.92 Å². The fourth-order valence-corrected chi connectivity index (χ4v) is 2.50. The number of benzene rings is 2. The van der Waals surface area contributed by atoms with Crippen molar-refractivity contribution in [2.75, 3.05) is 0 Å². The largest absolute Gasteiger partial charge is 0.423 e. The maximum absolute atomic E-state index is 12.3. The summed E-state index contributed by atoms with van der Waals surface area (Å²) in [5, 5.41) is 2.94. The zero-order valence-corrected chi connectivity index (χ0v) is 14.6. The summed E-state index contributed by atoms with van der Waals surface area (Å²) in [6.07, 6.45) is 0. The van der Waals surface area contributed by atoms with Gasteiger partial charge in [-0.05, 0) is 29.2 Å². The van der Waals surface area contributed by atoms with Crippen molar-refractivity contribution >= 4 is 23.5 Å². The SMILES string of the molecule is CC(=O)N[C@H](C(=O)Oc1ccc(-c2ccccc2)cc1Cl)C(C)C. The van der Waals surface area contributed by atoms with E-state index in [2.05, 4.69) is 5.32 Å². The van der Waals surface area contributed by atoms with Gasteiger partial charge in [-0.1, -0.05) is 61.8 Å². The molecule has 0 fully saturated rings. The van der Waals surface area contributed by atoms with E-state index in [0.717, 1.165) is 11.1 Å². The number of amides is 1. The van der Waals surface area contributed by atoms with Crippen molar-refractivity contribution in [3.63, 3.8) is 0 Å². The summed E-state index contributed by atoms with van der Waals surface area (Å²) in [4.78, 5) is 23.5. The molecule has 2 aromatic carbocycles. The molecule has 126 valence electrons. The number of esters is 1. The first-order valence-corrected chi connectivity index (χ1v) is 8.10. The summed E-state index contributed by atoms with van der Waals surface area (Å²) in [5.41, 5.74) is 1.96. The van der Waals surface area contributed by atoms with Gasteiger partial charge in [-0.25, -0.2) is 4.79 Å². The van der Waals surface area contributed by atoms with E-state index in [4.69, 9.17) is 16.3 Å². The molecule has 0 saturated heterocycles. The molecule has 0 aliphatic rings. The molecule has 1 atom stereocenters. The molecule has 0 aliphatic heterocycles. The van der Waals surface area contributed by atoms with Gasteiger partial charge >= 0.3 is 5.97 Å². The van der Waals surface area contributed by atoms with Crippen LogP contribution in [0.15, 0.2) is 48.5 Å². The number of hydrogen-bond donors (Lipinski definition) is 1. The van der Waals surface area contributed by atoms with Gasteiger partial charge in [0.25, 0.3) is 0 Å². The van der Waals surface area contributed by atoms with Crippen LogP contribution in [0.2, 0.25) is 5.02 Å². The molecule has 2 aromatic rings. The molecule has 4 nitrogen and oxygen atoms in total. The number of rotatable bonds is 5. The molecule has 0 saturated carbocycles. The number of halogens is 1. The second-order valence-electron chi connectivity index (χ2n) is 5.85. The molecule has 5 heteroatoms. The van der Waals surface area contributed by atoms with Crippen molar-refractivity contribution in [1.29, 1.82) is 0 Å². The highest BCUT2D eigenvalue weighted by atomic mass is 35.5. The minimum Gasteiger partial charge on any atom is -0.423 e. The Labute approximate surface area is 146 Å². The number of hydrogen-bond acceptors (Lipinski definition) is 3. The summed E-state index contributed by atoms with van der Waals surface area (Å²) in [6, 6.07) is 14.3. The third-order valence-corrected chi connectivity index (χ3v) is 3.82. The lowest BCUT2D eigenvalue weighted by atomic mass is 10.0. The predicted octanol–water partition coefficient (Wildman–Crippen LogP) is 4.07. The topological polar surface area (TPSA) is 55.4 Å². The zero-order chi connectivity index (χ0) is 17.7. The standard InChI is InChI=1S/C19H20ClNO3/c1-12(2)18(21-13(3)22)19(23)24-17-10-9-15(11-16(17)20)14-7-5-4-6-8-14/h4-12,18H,1-3H3,(H,21,22)/t18-/m0/s1. The molecule has 0 spiro atoms. The lowest BCUT2D eigenvalue weighted by Crippen LogP contribution is -2.45. The maximum Gasteiger partial charge on any atom is 0.334 e. The van der Waals surface area contributed by atoms with E-state index in [1.165, 1.54) is 6.92 Å². The first kappa shape index (κ1) is 18.0. The van der Waals surface area contributed by atoms with E-state index in [9.17, 15) is 9.59 Å². The maximum atomic E-state index is 12.3. The van der Waals surface area contributed by atoms with Gasteiger partial charge < -0.3 is 10.1 Å². The molecule has 1 N–H and O–H groups in total. The Morgan fingerprint density at radius 2 is 1.71 bits per heavy atom. The van der Waals surface area contributed by atoms with Crippen LogP contribution in [0.3, 0.4) is 0 Å². The van der Waals surface area contributed by atoms with Crippen LogP contribution in [0.5, 0.6) is 5.75 Å². The van der Waals surface area contributed by atoms with Crippen molar-refractivity contribution in [3.05, 3.63) is 53.6 Å². The molecule has 0 bridgehead atoms. The van der Waals surface area contributed by atoms with Gasteiger partial charge in [-0.3, -0.25) is 4.79 Å². The van der Waals surface area contributed by atoms with Crippen LogP contribution in [-0.2, 0) is 9.59 Å². The van der Waals surface area contributed by atoms with Crippen LogP contribution in [0.1, 0.15) is 20.8 Å². The third kappa shape index (κ3) is 4.59. The fourth-order valence-electron chi connectivity index (χ4n) is 2.28. The highest BCUT2D eigenvalue weighted by molar-refractivity contribution is 6.32. The predicted molar refractivity (Wildman–Crippen MR) is 95.0 cm³/mol. The van der Waals surface area contributed by atoms with Crippen molar-refractivity contribution < 1.29 is 14.3 Å². The second kappa shape index (κ2) is 7.97. The lowest BCUT2D eigenvalue weighted by Gasteiger charge is -2.20. The minimum absolute atomic E-state index is 0.0937. The Kier molecular flexibility index (Phi) is 5.99. The molecule has 0 aromatic heterocycles. The lowest BCUT2D eigenvalue weighted by molar-refractivity contribution is -0.140. The van der Waals surface area contributed by atoms with Gasteiger partial charge in [0, 0.05) is 6.92 Å². The first-order chi connectivity index (χ1) is 11.4. The molecule has 0 radical (unpaired) electrons. The Morgan fingerprint density at radius 1 is 1.04 bits per heavy atom. The Bertz CT molecular complexity index is 729. The quantitative estimate of drug-likeness (QED) is 0.656. The third-order valence-electron chi connectivity index (χ3n) is 3.53. The molecule has 0 aliphatic carbocycles. The smallest absolute Gasteiger partial charge is 0.334 e. The van der Waals surface area contributed by atoms with Crippen molar-refractivity contribution in [2.24, 2.45) is 5.92 Å². The van der Waals surface area contributed by atoms with Crippen LogP contribution >= 0.6 is 11.6 Å². The molecule has 0 unspecified atom stereocenters. The van der Waals surface area contributed by atoms with E-state index in [1.807, 2.05) is 50.2 Å². The number of nitrogens with one attached hydrogen (secondary N) is 1. The Morgan fingerprint density at radius 3 is 2.25 bits per heavy atom. The summed E-state index contributed by atoms with van der Waals surface area (Å²) in [7, 11) is 0. The van der Waals surface area contributed by atoms with Crippen molar-refractivity contribution in [1.82, 2.24) is 5.32 Å². The zero-order valence-electron chi connectivity index (χ0n) is 13.9. The summed E-state index contributed by atoms with van der Waals surface area (Å²) in [6.45, 7) is 5.04. The Balaban J connectivity index is 2.18. The number of ether oxygens (including phenoxy) is 1. The second-order valence-corrected chi connectivity index (χ2v) is 6.26. The fraction of sp³-hybridized carbons (Fsp3) is 0.263. The molecule has 1 amide bonds. The van der Waals surface area contributed by atoms with Gasteiger partial charge in [0.15, 0.2) is 0 Å². The minimum atomic E-state index is -0.715. The average molecular weight is 346 g/mol. The first-order valence-electron chi connectivity index (χ1n) is 7.72. The molecule has 24 heavy (non-hydrogen) atoms. The normalized spacial score (nSPS) is 11.9. The van der Waals surface area contributed by atoms with Gasteiger partial charge in [-0.2, -0.15) is 0 Å². The molecular formula is C19H20ClNO3. The van der Waals surface area contributed by atoms with E-state index in [1.54, 1.807) is 12.1 Å². The van der Waals surface area contributed by atoms with Gasteiger partial charge in [0.1, 0.15) is 11.8 Å². The van der Waals surface area contributed by atoms with Crippen molar-refractivity contribution in [3.8, 4) is 16.9 Å². The molecular weight excluding hydrogens is 326 g/mol. The van der Waals surface area contributed by atoms with Gasteiger partial charge in [-0.15, -0.1) is 0 Å². The van der Waals surface area contributed by atoms with Crippen LogP contribution in [-0.4, -0.2) is 17.9 Å². The van der Waals surface area contributed by atoms with Crippen molar-refractivity contribution in [2.45, 2.75) is 26.8 Å². The van der Waals surface area contributed by atoms with Crippen LogP contribution in [0.4, 0.5) is 0 Å². The average Bonchev–Trinajstić information content (AvgIpc) is 2.54. The van der Waals surface area contributed by atoms with Crippen LogP contribution in [0.25, 0.3) is 11.1 Å². The summed E-state index contributed by atoms with van der Waals surface area (Å²) in [5.74, 6) is -0.633. The van der Waals surface area contributed by atoms with E-state index in [-0.39, 0.29) is 17.6 Å². The summed E-state index contributed by atoms with van der Waals surface area (Å²) >= 11 is 6.25.